The predicted molar refractivity (Wildman–Crippen MR) is 78.1 cm³/mol. The Labute approximate surface area is 125 Å². The van der Waals surface area contributed by atoms with Gasteiger partial charge < -0.3 is 14.2 Å². The highest BCUT2D eigenvalue weighted by Gasteiger charge is 2.37. The highest BCUT2D eigenvalue weighted by atomic mass is 16.5. The van der Waals surface area contributed by atoms with Crippen LogP contribution >= 0.6 is 0 Å². The van der Waals surface area contributed by atoms with Crippen molar-refractivity contribution in [3.63, 3.8) is 0 Å². The van der Waals surface area contributed by atoms with Crippen LogP contribution in [0.5, 0.6) is 5.75 Å². The Morgan fingerprint density at radius 3 is 2.67 bits per heavy atom. The maximum Gasteiger partial charge on any atom is 0.309 e. The lowest BCUT2D eigenvalue weighted by molar-refractivity contribution is -0.158. The van der Waals surface area contributed by atoms with E-state index in [9.17, 15) is 4.79 Å². The molecule has 4 heteroatoms. The summed E-state index contributed by atoms with van der Waals surface area (Å²) in [6.07, 6.45) is 3.67. The molecule has 1 aliphatic carbocycles. The van der Waals surface area contributed by atoms with Crippen LogP contribution in [-0.2, 0) is 14.3 Å². The summed E-state index contributed by atoms with van der Waals surface area (Å²) in [5.74, 6) is 1.18. The number of ether oxygens (including phenoxy) is 3. The lowest BCUT2D eigenvalue weighted by Crippen LogP contribution is -2.27. The molecule has 0 spiro atoms. The fraction of sp³-hybridized carbons (Fsp3) is 0.588. The third-order valence-corrected chi connectivity index (χ3v) is 4.27. The van der Waals surface area contributed by atoms with Crippen molar-refractivity contribution in [3.05, 3.63) is 29.8 Å². The van der Waals surface area contributed by atoms with Gasteiger partial charge in [0, 0.05) is 19.1 Å². The summed E-state index contributed by atoms with van der Waals surface area (Å²) in [6.45, 7) is 1.32. The smallest absolute Gasteiger partial charge is 0.309 e. The maximum absolute atomic E-state index is 12.4. The number of esters is 1. The maximum atomic E-state index is 12.4. The molecule has 1 saturated carbocycles. The highest BCUT2D eigenvalue weighted by Crippen LogP contribution is 2.44. The van der Waals surface area contributed by atoms with Crippen molar-refractivity contribution in [3.8, 4) is 5.75 Å². The third kappa shape index (κ3) is 3.56. The van der Waals surface area contributed by atoms with Gasteiger partial charge in [0.05, 0.1) is 13.0 Å². The molecular formula is C17H22O4. The average Bonchev–Trinajstić information content (AvgIpc) is 3.38. The van der Waals surface area contributed by atoms with E-state index in [1.807, 2.05) is 24.3 Å². The lowest BCUT2D eigenvalue weighted by Gasteiger charge is -2.24. The van der Waals surface area contributed by atoms with E-state index in [2.05, 4.69) is 0 Å². The Kier molecular flexibility index (Phi) is 4.44. The first-order valence-electron chi connectivity index (χ1n) is 7.70. The van der Waals surface area contributed by atoms with Gasteiger partial charge in [-0.15, -0.1) is 0 Å². The normalized spacial score (nSPS) is 20.8. The average molecular weight is 290 g/mol. The van der Waals surface area contributed by atoms with Crippen LogP contribution in [0.25, 0.3) is 0 Å². The monoisotopic (exact) mass is 290 g/mol. The first-order chi connectivity index (χ1) is 10.3. The molecule has 1 heterocycles. The molecule has 0 aromatic heterocycles. The lowest BCUT2D eigenvalue weighted by atomic mass is 10.00. The van der Waals surface area contributed by atoms with E-state index in [1.165, 1.54) is 0 Å². The zero-order valence-electron chi connectivity index (χ0n) is 12.4. The summed E-state index contributed by atoms with van der Waals surface area (Å²) >= 11 is 0. The van der Waals surface area contributed by atoms with E-state index in [-0.39, 0.29) is 18.0 Å². The molecule has 21 heavy (non-hydrogen) atoms. The number of carbonyl (C=O) groups is 1. The Morgan fingerprint density at radius 1 is 1.24 bits per heavy atom. The highest BCUT2D eigenvalue weighted by molar-refractivity contribution is 5.73. The van der Waals surface area contributed by atoms with Crippen molar-refractivity contribution in [1.82, 2.24) is 0 Å². The van der Waals surface area contributed by atoms with Crippen LogP contribution < -0.4 is 4.74 Å². The van der Waals surface area contributed by atoms with E-state index in [0.29, 0.717) is 19.1 Å². The Balaban J connectivity index is 1.70. The molecule has 1 aliphatic heterocycles. The van der Waals surface area contributed by atoms with E-state index >= 15 is 0 Å². The van der Waals surface area contributed by atoms with Gasteiger partial charge in [0.1, 0.15) is 11.9 Å². The Bertz CT molecular complexity index is 489. The minimum absolute atomic E-state index is 0.00870. The van der Waals surface area contributed by atoms with Crippen LogP contribution in [0, 0.1) is 11.8 Å². The summed E-state index contributed by atoms with van der Waals surface area (Å²) < 4.78 is 16.4. The minimum Gasteiger partial charge on any atom is -0.497 e. The quantitative estimate of drug-likeness (QED) is 0.782. The van der Waals surface area contributed by atoms with Crippen molar-refractivity contribution >= 4 is 5.97 Å². The fourth-order valence-corrected chi connectivity index (χ4v) is 2.81. The van der Waals surface area contributed by atoms with Crippen molar-refractivity contribution in [1.29, 1.82) is 0 Å². The van der Waals surface area contributed by atoms with Crippen molar-refractivity contribution in [2.24, 2.45) is 11.8 Å². The van der Waals surface area contributed by atoms with Crippen molar-refractivity contribution in [2.45, 2.75) is 31.8 Å². The largest absolute Gasteiger partial charge is 0.497 e. The van der Waals surface area contributed by atoms with E-state index in [1.54, 1.807) is 7.11 Å². The zero-order valence-corrected chi connectivity index (χ0v) is 12.4. The standard InChI is InChI=1S/C17H22O4/c1-19-15-4-2-3-14(11-15)16(12-5-6-12)21-17(18)13-7-9-20-10-8-13/h2-4,11-13,16H,5-10H2,1H3/t16-/m1/s1. The van der Waals surface area contributed by atoms with Gasteiger partial charge in [-0.1, -0.05) is 12.1 Å². The van der Waals surface area contributed by atoms with Crippen molar-refractivity contribution in [2.75, 3.05) is 20.3 Å². The molecule has 2 aliphatic rings. The fourth-order valence-electron chi connectivity index (χ4n) is 2.81. The van der Waals surface area contributed by atoms with E-state index in [4.69, 9.17) is 14.2 Å². The van der Waals surface area contributed by atoms with Crippen LogP contribution in [0.15, 0.2) is 24.3 Å². The number of hydrogen-bond donors (Lipinski definition) is 0. The molecule has 1 aromatic carbocycles. The van der Waals surface area contributed by atoms with Gasteiger partial charge in [-0.05, 0) is 43.4 Å². The van der Waals surface area contributed by atoms with Gasteiger partial charge in [0.15, 0.2) is 0 Å². The summed E-state index contributed by atoms with van der Waals surface area (Å²) in [6, 6.07) is 7.85. The van der Waals surface area contributed by atoms with Gasteiger partial charge in [-0.3, -0.25) is 4.79 Å². The molecule has 3 rings (SSSR count). The van der Waals surface area contributed by atoms with Crippen molar-refractivity contribution < 1.29 is 19.0 Å². The van der Waals surface area contributed by atoms with Gasteiger partial charge in [0.25, 0.3) is 0 Å². The molecule has 1 atom stereocenters. The summed E-state index contributed by atoms with van der Waals surface area (Å²) in [5.41, 5.74) is 1.04. The number of carbonyl (C=O) groups excluding carboxylic acids is 1. The number of rotatable bonds is 5. The van der Waals surface area contributed by atoms with Gasteiger partial charge in [-0.2, -0.15) is 0 Å². The van der Waals surface area contributed by atoms with E-state index < -0.39 is 0 Å². The molecule has 0 amide bonds. The van der Waals surface area contributed by atoms with Crippen LogP contribution in [-0.4, -0.2) is 26.3 Å². The summed E-state index contributed by atoms with van der Waals surface area (Å²) in [4.78, 5) is 12.4. The second-order valence-corrected chi connectivity index (χ2v) is 5.86. The SMILES string of the molecule is COc1cccc([C@H](OC(=O)C2CCOCC2)C2CC2)c1. The first-order valence-corrected chi connectivity index (χ1v) is 7.70. The molecule has 0 bridgehead atoms. The first kappa shape index (κ1) is 14.4. The molecule has 4 nitrogen and oxygen atoms in total. The molecule has 1 saturated heterocycles. The van der Waals surface area contributed by atoms with Gasteiger partial charge in [0.2, 0.25) is 0 Å². The number of benzene rings is 1. The molecule has 0 unspecified atom stereocenters. The molecule has 0 radical (unpaired) electrons. The zero-order chi connectivity index (χ0) is 14.7. The van der Waals surface area contributed by atoms with Crippen LogP contribution in [0.1, 0.15) is 37.4 Å². The molecule has 114 valence electrons. The molecule has 1 aromatic rings. The Hall–Kier alpha value is -1.55. The van der Waals surface area contributed by atoms with Crippen LogP contribution in [0.3, 0.4) is 0 Å². The predicted octanol–water partition coefficient (Wildman–Crippen LogP) is 3.12. The number of methoxy groups -OCH3 is 1. The second-order valence-electron chi connectivity index (χ2n) is 5.86. The van der Waals surface area contributed by atoms with Gasteiger partial charge in [-0.25, -0.2) is 0 Å². The molecular weight excluding hydrogens is 268 g/mol. The minimum atomic E-state index is -0.129. The van der Waals surface area contributed by atoms with E-state index in [0.717, 1.165) is 37.0 Å². The van der Waals surface area contributed by atoms with Crippen LogP contribution in [0.2, 0.25) is 0 Å². The van der Waals surface area contributed by atoms with Gasteiger partial charge >= 0.3 is 5.97 Å². The second kappa shape index (κ2) is 6.48. The number of hydrogen-bond acceptors (Lipinski definition) is 4. The topological polar surface area (TPSA) is 44.8 Å². The summed E-state index contributed by atoms with van der Waals surface area (Å²) in [5, 5.41) is 0. The third-order valence-electron chi connectivity index (χ3n) is 4.27. The van der Waals surface area contributed by atoms with Crippen LogP contribution in [0.4, 0.5) is 0 Å². The Morgan fingerprint density at radius 2 is 2.00 bits per heavy atom. The molecule has 0 N–H and O–H groups in total. The molecule has 2 fully saturated rings. The summed E-state index contributed by atoms with van der Waals surface area (Å²) in [7, 11) is 1.65.